The lowest BCUT2D eigenvalue weighted by Gasteiger charge is -2.10. The summed E-state index contributed by atoms with van der Waals surface area (Å²) < 4.78 is 0. The third-order valence-electron chi connectivity index (χ3n) is 3.06. The van der Waals surface area contributed by atoms with Crippen LogP contribution in [0, 0.1) is 20.8 Å². The summed E-state index contributed by atoms with van der Waals surface area (Å²) in [6.45, 7) is 5.59. The van der Waals surface area contributed by atoms with E-state index in [2.05, 4.69) is 10.6 Å². The van der Waals surface area contributed by atoms with Gasteiger partial charge in [-0.3, -0.25) is 0 Å². The van der Waals surface area contributed by atoms with E-state index in [0.29, 0.717) is 5.69 Å². The number of urea groups is 1. The van der Waals surface area contributed by atoms with Gasteiger partial charge in [0.25, 0.3) is 0 Å². The average molecular weight is 270 g/mol. The largest absolute Gasteiger partial charge is 0.507 e. The predicted octanol–water partition coefficient (Wildman–Crippen LogP) is 3.96. The predicted molar refractivity (Wildman–Crippen MR) is 81.4 cm³/mol. The fraction of sp³-hybridized carbons (Fsp3) is 0.188. The molecule has 2 aromatic carbocycles. The Morgan fingerprint density at radius 1 is 0.900 bits per heavy atom. The van der Waals surface area contributed by atoms with Gasteiger partial charge in [-0.1, -0.05) is 17.7 Å². The van der Waals surface area contributed by atoms with Crippen LogP contribution >= 0.6 is 0 Å². The lowest BCUT2D eigenvalue weighted by molar-refractivity contribution is 0.262. The number of hydrogen-bond acceptors (Lipinski definition) is 2. The molecule has 0 saturated heterocycles. The molecule has 0 spiro atoms. The Labute approximate surface area is 118 Å². The number of aromatic hydroxyl groups is 1. The molecule has 0 saturated carbocycles. The Bertz CT molecular complexity index is 610. The van der Waals surface area contributed by atoms with E-state index in [1.165, 1.54) is 0 Å². The summed E-state index contributed by atoms with van der Waals surface area (Å²) in [6, 6.07) is 10.7. The topological polar surface area (TPSA) is 61.4 Å². The van der Waals surface area contributed by atoms with E-state index < -0.39 is 0 Å². The van der Waals surface area contributed by atoms with Crippen molar-refractivity contribution in [3.05, 3.63) is 53.1 Å². The SMILES string of the molecule is Cc1ccc(NC(=O)Nc2cc(C)c(O)c(C)c2)cc1. The summed E-state index contributed by atoms with van der Waals surface area (Å²) >= 11 is 0. The lowest BCUT2D eigenvalue weighted by atomic mass is 10.1. The van der Waals surface area contributed by atoms with Crippen LogP contribution in [0.5, 0.6) is 5.75 Å². The van der Waals surface area contributed by atoms with E-state index in [1.807, 2.05) is 31.2 Å². The molecule has 0 unspecified atom stereocenters. The van der Waals surface area contributed by atoms with Gasteiger partial charge < -0.3 is 15.7 Å². The maximum atomic E-state index is 11.9. The summed E-state index contributed by atoms with van der Waals surface area (Å²) in [5.41, 5.74) is 4.00. The molecule has 2 amide bonds. The van der Waals surface area contributed by atoms with Gasteiger partial charge >= 0.3 is 6.03 Å². The number of nitrogens with one attached hydrogen (secondary N) is 2. The summed E-state index contributed by atoms with van der Waals surface area (Å²) in [4.78, 5) is 11.9. The zero-order valence-corrected chi connectivity index (χ0v) is 11.8. The highest BCUT2D eigenvalue weighted by Gasteiger charge is 2.06. The highest BCUT2D eigenvalue weighted by molar-refractivity contribution is 5.99. The van der Waals surface area contributed by atoms with Crippen LogP contribution < -0.4 is 10.6 Å². The molecular weight excluding hydrogens is 252 g/mol. The first-order valence-corrected chi connectivity index (χ1v) is 6.40. The molecule has 0 aliphatic heterocycles. The number of carbonyl (C=O) groups excluding carboxylic acids is 1. The summed E-state index contributed by atoms with van der Waals surface area (Å²) in [6.07, 6.45) is 0. The van der Waals surface area contributed by atoms with Gasteiger partial charge in [-0.05, 0) is 56.2 Å². The van der Waals surface area contributed by atoms with Crippen LogP contribution in [-0.2, 0) is 0 Å². The van der Waals surface area contributed by atoms with Gasteiger partial charge in [0.2, 0.25) is 0 Å². The molecule has 104 valence electrons. The third-order valence-corrected chi connectivity index (χ3v) is 3.06. The number of phenolic OH excluding ortho intramolecular Hbond substituents is 1. The van der Waals surface area contributed by atoms with Gasteiger partial charge in [0.05, 0.1) is 0 Å². The van der Waals surface area contributed by atoms with Crippen LogP contribution in [0.25, 0.3) is 0 Å². The van der Waals surface area contributed by atoms with E-state index in [-0.39, 0.29) is 11.8 Å². The van der Waals surface area contributed by atoms with Gasteiger partial charge in [-0.2, -0.15) is 0 Å². The number of carbonyl (C=O) groups is 1. The van der Waals surface area contributed by atoms with Crippen molar-refractivity contribution in [3.8, 4) is 5.75 Å². The molecule has 3 N–H and O–H groups in total. The summed E-state index contributed by atoms with van der Waals surface area (Å²) in [5, 5.41) is 15.2. The normalized spacial score (nSPS) is 10.2. The molecule has 4 nitrogen and oxygen atoms in total. The van der Waals surface area contributed by atoms with E-state index in [1.54, 1.807) is 26.0 Å². The van der Waals surface area contributed by atoms with Crippen LogP contribution in [-0.4, -0.2) is 11.1 Å². The number of phenols is 1. The van der Waals surface area contributed by atoms with Crippen molar-refractivity contribution in [2.24, 2.45) is 0 Å². The van der Waals surface area contributed by atoms with Crippen LogP contribution in [0.4, 0.5) is 16.2 Å². The number of aryl methyl sites for hydroxylation is 3. The van der Waals surface area contributed by atoms with Crippen LogP contribution in [0.15, 0.2) is 36.4 Å². The highest BCUT2D eigenvalue weighted by Crippen LogP contribution is 2.25. The summed E-state index contributed by atoms with van der Waals surface area (Å²) in [5.74, 6) is 0.259. The number of rotatable bonds is 2. The molecule has 0 heterocycles. The minimum absolute atomic E-state index is 0.259. The average Bonchev–Trinajstić information content (AvgIpc) is 2.38. The molecule has 0 atom stereocenters. The number of anilines is 2. The second-order valence-electron chi connectivity index (χ2n) is 4.90. The van der Waals surface area contributed by atoms with Crippen molar-refractivity contribution in [3.63, 3.8) is 0 Å². The van der Waals surface area contributed by atoms with Gasteiger partial charge in [0.1, 0.15) is 5.75 Å². The number of amides is 2. The molecule has 2 rings (SSSR count). The molecule has 0 fully saturated rings. The van der Waals surface area contributed by atoms with Gasteiger partial charge in [0, 0.05) is 11.4 Å². The van der Waals surface area contributed by atoms with Crippen molar-refractivity contribution in [2.45, 2.75) is 20.8 Å². The minimum atomic E-state index is -0.307. The molecule has 2 aromatic rings. The molecule has 0 aromatic heterocycles. The standard InChI is InChI=1S/C16H18N2O2/c1-10-4-6-13(7-5-10)17-16(20)18-14-8-11(2)15(19)12(3)9-14/h4-9,19H,1-3H3,(H2,17,18,20). The maximum Gasteiger partial charge on any atom is 0.323 e. The second-order valence-corrected chi connectivity index (χ2v) is 4.90. The van der Waals surface area contributed by atoms with Gasteiger partial charge in [-0.15, -0.1) is 0 Å². The molecule has 0 aliphatic rings. The molecule has 0 radical (unpaired) electrons. The Balaban J connectivity index is 2.06. The van der Waals surface area contributed by atoms with E-state index >= 15 is 0 Å². The molecule has 0 bridgehead atoms. The van der Waals surface area contributed by atoms with Crippen molar-refractivity contribution in [1.82, 2.24) is 0 Å². The molecule has 20 heavy (non-hydrogen) atoms. The van der Waals surface area contributed by atoms with Crippen LogP contribution in [0.3, 0.4) is 0 Å². The van der Waals surface area contributed by atoms with E-state index in [0.717, 1.165) is 22.4 Å². The van der Waals surface area contributed by atoms with Crippen molar-refractivity contribution < 1.29 is 9.90 Å². The van der Waals surface area contributed by atoms with Crippen molar-refractivity contribution in [2.75, 3.05) is 10.6 Å². The van der Waals surface area contributed by atoms with Crippen LogP contribution in [0.2, 0.25) is 0 Å². The summed E-state index contributed by atoms with van der Waals surface area (Å²) in [7, 11) is 0. The highest BCUT2D eigenvalue weighted by atomic mass is 16.3. The quantitative estimate of drug-likeness (QED) is 0.723. The molecular formula is C16H18N2O2. The minimum Gasteiger partial charge on any atom is -0.507 e. The monoisotopic (exact) mass is 270 g/mol. The van der Waals surface area contributed by atoms with Crippen molar-refractivity contribution in [1.29, 1.82) is 0 Å². The zero-order valence-electron chi connectivity index (χ0n) is 11.8. The van der Waals surface area contributed by atoms with E-state index in [4.69, 9.17) is 0 Å². The Kier molecular flexibility index (Phi) is 3.94. The van der Waals surface area contributed by atoms with Gasteiger partial charge in [-0.25, -0.2) is 4.79 Å². The second kappa shape index (κ2) is 5.65. The Morgan fingerprint density at radius 3 is 1.95 bits per heavy atom. The first kappa shape index (κ1) is 13.9. The number of hydrogen-bond donors (Lipinski definition) is 3. The fourth-order valence-corrected chi connectivity index (χ4v) is 1.96. The van der Waals surface area contributed by atoms with E-state index in [9.17, 15) is 9.90 Å². The fourth-order valence-electron chi connectivity index (χ4n) is 1.96. The maximum absolute atomic E-state index is 11.9. The Hall–Kier alpha value is -2.49. The van der Waals surface area contributed by atoms with Crippen LogP contribution in [0.1, 0.15) is 16.7 Å². The smallest absolute Gasteiger partial charge is 0.323 e. The third kappa shape index (κ3) is 3.29. The zero-order chi connectivity index (χ0) is 14.7. The van der Waals surface area contributed by atoms with Crippen molar-refractivity contribution >= 4 is 17.4 Å². The number of benzene rings is 2. The molecule has 4 heteroatoms. The lowest BCUT2D eigenvalue weighted by Crippen LogP contribution is -2.19. The molecule has 0 aliphatic carbocycles. The first-order chi connectivity index (χ1) is 9.45. The first-order valence-electron chi connectivity index (χ1n) is 6.40. The Morgan fingerprint density at radius 2 is 1.40 bits per heavy atom. The van der Waals surface area contributed by atoms with Gasteiger partial charge in [0.15, 0.2) is 0 Å².